The molecule has 0 amide bonds. The van der Waals surface area contributed by atoms with Gasteiger partial charge in [-0.05, 0) is 5.41 Å². The van der Waals surface area contributed by atoms with Gasteiger partial charge < -0.3 is 9.84 Å². The highest BCUT2D eigenvalue weighted by atomic mass is 32.1. The van der Waals surface area contributed by atoms with Gasteiger partial charge in [0.25, 0.3) is 0 Å². The summed E-state index contributed by atoms with van der Waals surface area (Å²) in [5.74, 6) is 1.31. The zero-order valence-corrected chi connectivity index (χ0v) is 15.4. The predicted molar refractivity (Wildman–Crippen MR) is 91.7 cm³/mol. The quantitative estimate of drug-likeness (QED) is 0.925. The molecular formula is C17H25N3O2S. The largest absolute Gasteiger partial charge is 0.487 e. The molecule has 0 aliphatic carbocycles. The Morgan fingerprint density at radius 2 is 1.65 bits per heavy atom. The molecule has 6 heteroatoms. The first-order valence-corrected chi connectivity index (χ1v) is 8.49. The van der Waals surface area contributed by atoms with Crippen LogP contribution in [-0.4, -0.2) is 26.7 Å². The minimum Gasteiger partial charge on any atom is -0.487 e. The number of rotatable bonds is 4. The summed E-state index contributed by atoms with van der Waals surface area (Å²) in [5, 5.41) is 11.2. The third-order valence-electron chi connectivity index (χ3n) is 3.83. The van der Waals surface area contributed by atoms with Gasteiger partial charge in [-0.1, -0.05) is 41.5 Å². The van der Waals surface area contributed by atoms with Crippen molar-refractivity contribution in [2.45, 2.75) is 52.6 Å². The SMILES string of the molecule is CC(C)(C)c1ncc(OCC(O)(c2cncs2)C(C)(C)C)cn1. The van der Waals surface area contributed by atoms with Crippen LogP contribution in [0.15, 0.2) is 24.1 Å². The molecule has 5 nitrogen and oxygen atoms in total. The van der Waals surface area contributed by atoms with Crippen molar-refractivity contribution >= 4 is 11.3 Å². The third-order valence-corrected chi connectivity index (χ3v) is 4.75. The minimum absolute atomic E-state index is 0.104. The van der Waals surface area contributed by atoms with E-state index in [1.165, 1.54) is 11.3 Å². The number of ether oxygens (including phenoxy) is 1. The molecule has 0 saturated heterocycles. The zero-order valence-electron chi connectivity index (χ0n) is 14.6. The van der Waals surface area contributed by atoms with E-state index in [9.17, 15) is 5.11 Å². The number of aromatic nitrogens is 3. The van der Waals surface area contributed by atoms with Gasteiger partial charge in [0.2, 0.25) is 0 Å². The summed E-state index contributed by atoms with van der Waals surface area (Å²) in [5.41, 5.74) is 0.0865. The van der Waals surface area contributed by atoms with Crippen molar-refractivity contribution in [1.82, 2.24) is 15.0 Å². The lowest BCUT2D eigenvalue weighted by Crippen LogP contribution is -2.44. The molecule has 0 fully saturated rings. The molecule has 0 radical (unpaired) electrons. The number of thiazole rings is 1. The molecule has 2 aromatic rings. The topological polar surface area (TPSA) is 68.1 Å². The maximum absolute atomic E-state index is 11.2. The van der Waals surface area contributed by atoms with Crippen LogP contribution in [0.25, 0.3) is 0 Å². The molecule has 0 aliphatic rings. The summed E-state index contributed by atoms with van der Waals surface area (Å²) in [6.07, 6.45) is 5.01. The predicted octanol–water partition coefficient (Wildman–Crippen LogP) is 3.54. The number of hydrogen-bond acceptors (Lipinski definition) is 6. The Kier molecular flexibility index (Phi) is 4.78. The first-order valence-electron chi connectivity index (χ1n) is 7.61. The Morgan fingerprint density at radius 3 is 2.09 bits per heavy atom. The normalized spacial score (nSPS) is 15.3. The Bertz CT molecular complexity index is 627. The van der Waals surface area contributed by atoms with E-state index in [1.54, 1.807) is 24.1 Å². The van der Waals surface area contributed by atoms with Crippen LogP contribution in [0.5, 0.6) is 5.75 Å². The van der Waals surface area contributed by atoms with E-state index in [1.807, 2.05) is 20.8 Å². The van der Waals surface area contributed by atoms with Gasteiger partial charge >= 0.3 is 0 Å². The first-order chi connectivity index (χ1) is 10.5. The summed E-state index contributed by atoms with van der Waals surface area (Å²) in [7, 11) is 0. The van der Waals surface area contributed by atoms with Crippen LogP contribution in [0, 0.1) is 5.41 Å². The van der Waals surface area contributed by atoms with Crippen molar-refractivity contribution in [2.24, 2.45) is 5.41 Å². The summed E-state index contributed by atoms with van der Waals surface area (Å²) in [4.78, 5) is 13.6. The minimum atomic E-state index is -1.13. The van der Waals surface area contributed by atoms with Crippen LogP contribution in [-0.2, 0) is 11.0 Å². The van der Waals surface area contributed by atoms with Crippen LogP contribution in [0.4, 0.5) is 0 Å². The molecule has 126 valence electrons. The van der Waals surface area contributed by atoms with Gasteiger partial charge in [-0.25, -0.2) is 9.97 Å². The smallest absolute Gasteiger partial charge is 0.156 e. The average molecular weight is 335 g/mol. The second-order valence-corrected chi connectivity index (χ2v) is 8.64. The molecule has 23 heavy (non-hydrogen) atoms. The second kappa shape index (κ2) is 6.17. The molecule has 2 rings (SSSR count). The van der Waals surface area contributed by atoms with E-state index in [4.69, 9.17) is 4.74 Å². The second-order valence-electron chi connectivity index (χ2n) is 7.76. The highest BCUT2D eigenvalue weighted by Crippen LogP contribution is 2.41. The lowest BCUT2D eigenvalue weighted by atomic mass is 9.76. The Hall–Kier alpha value is -1.53. The van der Waals surface area contributed by atoms with Crippen molar-refractivity contribution in [3.63, 3.8) is 0 Å². The van der Waals surface area contributed by atoms with Gasteiger partial charge in [0.1, 0.15) is 18.0 Å². The van der Waals surface area contributed by atoms with E-state index in [0.717, 1.165) is 10.7 Å². The van der Waals surface area contributed by atoms with Gasteiger partial charge in [0.05, 0.1) is 22.8 Å². The number of nitrogens with zero attached hydrogens (tertiary/aromatic N) is 3. The third kappa shape index (κ3) is 3.87. The van der Waals surface area contributed by atoms with E-state index in [2.05, 4.69) is 35.7 Å². The van der Waals surface area contributed by atoms with Gasteiger partial charge in [0, 0.05) is 11.6 Å². The van der Waals surface area contributed by atoms with Crippen molar-refractivity contribution < 1.29 is 9.84 Å². The fraction of sp³-hybridized carbons (Fsp3) is 0.588. The van der Waals surface area contributed by atoms with Crippen LogP contribution >= 0.6 is 11.3 Å². The van der Waals surface area contributed by atoms with E-state index < -0.39 is 11.0 Å². The van der Waals surface area contributed by atoms with Crippen molar-refractivity contribution in [2.75, 3.05) is 6.61 Å². The highest BCUT2D eigenvalue weighted by Gasteiger charge is 2.44. The molecular weight excluding hydrogens is 310 g/mol. The lowest BCUT2D eigenvalue weighted by molar-refractivity contribution is -0.0919. The first kappa shape index (κ1) is 17.8. The highest BCUT2D eigenvalue weighted by molar-refractivity contribution is 7.09. The lowest BCUT2D eigenvalue weighted by Gasteiger charge is -2.38. The molecule has 0 aliphatic heterocycles. The zero-order chi connectivity index (χ0) is 17.3. The summed E-state index contributed by atoms with van der Waals surface area (Å²) >= 11 is 1.43. The van der Waals surface area contributed by atoms with Crippen LogP contribution in [0.3, 0.4) is 0 Å². The Morgan fingerprint density at radius 1 is 1.04 bits per heavy atom. The standard InChI is InChI=1S/C17H25N3O2S/c1-15(2,3)14-19-7-12(8-20-14)22-10-17(21,16(4,5)6)13-9-18-11-23-13/h7-9,11,21H,10H2,1-6H3. The molecule has 1 unspecified atom stereocenters. The van der Waals surface area contributed by atoms with Gasteiger partial charge in [-0.2, -0.15) is 0 Å². The number of hydrogen-bond donors (Lipinski definition) is 1. The number of aliphatic hydroxyl groups is 1. The van der Waals surface area contributed by atoms with Crippen LogP contribution in [0.2, 0.25) is 0 Å². The fourth-order valence-electron chi connectivity index (χ4n) is 2.04. The van der Waals surface area contributed by atoms with Crippen molar-refractivity contribution in [3.05, 3.63) is 34.8 Å². The van der Waals surface area contributed by atoms with Gasteiger partial charge in [0.15, 0.2) is 5.75 Å². The Balaban J connectivity index is 2.17. The van der Waals surface area contributed by atoms with Crippen LogP contribution < -0.4 is 4.74 Å². The maximum atomic E-state index is 11.2. The molecule has 0 aromatic carbocycles. The van der Waals surface area contributed by atoms with E-state index >= 15 is 0 Å². The molecule has 1 N–H and O–H groups in total. The monoisotopic (exact) mass is 335 g/mol. The van der Waals surface area contributed by atoms with Gasteiger partial charge in [-0.3, -0.25) is 4.98 Å². The molecule has 0 spiro atoms. The molecule has 0 bridgehead atoms. The molecule has 1 atom stereocenters. The Labute approximate surface area is 141 Å². The molecule has 2 heterocycles. The van der Waals surface area contributed by atoms with E-state index in [0.29, 0.717) is 5.75 Å². The summed E-state index contributed by atoms with van der Waals surface area (Å²) in [6.45, 7) is 12.2. The van der Waals surface area contributed by atoms with Gasteiger partial charge in [-0.15, -0.1) is 11.3 Å². The summed E-state index contributed by atoms with van der Waals surface area (Å²) in [6, 6.07) is 0. The maximum Gasteiger partial charge on any atom is 0.156 e. The summed E-state index contributed by atoms with van der Waals surface area (Å²) < 4.78 is 5.79. The van der Waals surface area contributed by atoms with Crippen molar-refractivity contribution in [1.29, 1.82) is 0 Å². The average Bonchev–Trinajstić information content (AvgIpc) is 2.97. The van der Waals surface area contributed by atoms with Crippen LogP contribution in [0.1, 0.15) is 52.2 Å². The molecule has 2 aromatic heterocycles. The van der Waals surface area contributed by atoms with Crippen molar-refractivity contribution in [3.8, 4) is 5.75 Å². The van der Waals surface area contributed by atoms with E-state index in [-0.39, 0.29) is 12.0 Å². The molecule has 0 saturated carbocycles. The fourth-order valence-corrected chi connectivity index (χ4v) is 2.96.